The highest BCUT2D eigenvalue weighted by molar-refractivity contribution is 6.42. The van der Waals surface area contributed by atoms with Crippen molar-refractivity contribution in [3.63, 3.8) is 0 Å². The van der Waals surface area contributed by atoms with E-state index >= 15 is 0 Å². The molecule has 4 aromatic rings. The van der Waals surface area contributed by atoms with E-state index in [1.807, 2.05) is 13.8 Å². The summed E-state index contributed by atoms with van der Waals surface area (Å²) in [5.74, 6) is 0.818. The van der Waals surface area contributed by atoms with E-state index in [1.54, 1.807) is 0 Å². The monoisotopic (exact) mass is 361 g/mol. The average molecular weight is 362 g/mol. The summed E-state index contributed by atoms with van der Waals surface area (Å²) in [7, 11) is 0. The fraction of sp³-hybridized carbons (Fsp3) is 0.261. The van der Waals surface area contributed by atoms with Crippen molar-refractivity contribution in [1.29, 1.82) is 0 Å². The van der Waals surface area contributed by atoms with Crippen LogP contribution in [0.2, 0.25) is 5.02 Å². The zero-order valence-corrected chi connectivity index (χ0v) is 15.8. The van der Waals surface area contributed by atoms with Gasteiger partial charge in [0.05, 0.1) is 10.7 Å². The van der Waals surface area contributed by atoms with Crippen LogP contribution in [0.15, 0.2) is 40.9 Å². The van der Waals surface area contributed by atoms with Gasteiger partial charge in [0.15, 0.2) is 0 Å². The number of nitrogens with zero attached hydrogens (tertiary/aromatic N) is 1. The Morgan fingerprint density at radius 1 is 0.885 bits per heavy atom. The molecule has 0 bridgehead atoms. The van der Waals surface area contributed by atoms with Gasteiger partial charge in [0.1, 0.15) is 5.76 Å². The first kappa shape index (κ1) is 15.9. The van der Waals surface area contributed by atoms with Crippen LogP contribution in [0.25, 0.3) is 32.7 Å². The van der Waals surface area contributed by atoms with Gasteiger partial charge in [-0.05, 0) is 66.8 Å². The number of halogens is 1. The molecule has 0 fully saturated rings. The van der Waals surface area contributed by atoms with Crippen molar-refractivity contribution in [2.75, 3.05) is 0 Å². The number of aromatic nitrogens is 1. The molecular formula is C23H20ClNO. The molecule has 3 aromatic carbocycles. The maximum Gasteiger partial charge on any atom is 0.141 e. The Morgan fingerprint density at radius 2 is 1.65 bits per heavy atom. The van der Waals surface area contributed by atoms with Crippen LogP contribution in [0.1, 0.15) is 35.4 Å². The molecule has 0 saturated heterocycles. The SMILES string of the molecule is Cc1noc(C)c1-c1c(Cl)c2c3c(ccc2c2ccccc12)CCCC3. The molecule has 3 heteroatoms. The molecule has 0 atom stereocenters. The van der Waals surface area contributed by atoms with E-state index in [4.69, 9.17) is 16.1 Å². The Morgan fingerprint density at radius 3 is 2.42 bits per heavy atom. The van der Waals surface area contributed by atoms with E-state index in [1.165, 1.54) is 40.1 Å². The van der Waals surface area contributed by atoms with E-state index in [-0.39, 0.29) is 0 Å². The maximum atomic E-state index is 7.12. The van der Waals surface area contributed by atoms with Gasteiger partial charge in [-0.2, -0.15) is 0 Å². The zero-order valence-electron chi connectivity index (χ0n) is 15.0. The quantitative estimate of drug-likeness (QED) is 0.348. The fourth-order valence-corrected chi connectivity index (χ4v) is 4.98. The molecule has 0 spiro atoms. The van der Waals surface area contributed by atoms with Crippen LogP contribution >= 0.6 is 11.6 Å². The lowest BCUT2D eigenvalue weighted by Crippen LogP contribution is -2.04. The van der Waals surface area contributed by atoms with Crippen molar-refractivity contribution in [2.24, 2.45) is 0 Å². The second-order valence-corrected chi connectivity index (χ2v) is 7.64. The summed E-state index contributed by atoms with van der Waals surface area (Å²) in [4.78, 5) is 0. The number of fused-ring (bicyclic) bond motifs is 5. The van der Waals surface area contributed by atoms with Gasteiger partial charge in [-0.25, -0.2) is 0 Å². The second kappa shape index (κ2) is 5.85. The summed E-state index contributed by atoms with van der Waals surface area (Å²) >= 11 is 7.12. The number of benzene rings is 3. The summed E-state index contributed by atoms with van der Waals surface area (Å²) in [5.41, 5.74) is 5.85. The van der Waals surface area contributed by atoms with Crippen LogP contribution in [0.4, 0.5) is 0 Å². The van der Waals surface area contributed by atoms with Gasteiger partial charge in [0.25, 0.3) is 0 Å². The van der Waals surface area contributed by atoms with Gasteiger partial charge < -0.3 is 4.52 Å². The summed E-state index contributed by atoms with van der Waals surface area (Å²) in [6, 6.07) is 13.1. The highest BCUT2D eigenvalue weighted by Crippen LogP contribution is 2.46. The predicted octanol–water partition coefficient (Wildman–Crippen LogP) is 6.80. The van der Waals surface area contributed by atoms with Crippen molar-refractivity contribution in [3.8, 4) is 11.1 Å². The van der Waals surface area contributed by atoms with Gasteiger partial charge in [0, 0.05) is 16.5 Å². The summed E-state index contributed by atoms with van der Waals surface area (Å²) in [6.45, 7) is 3.95. The molecule has 0 saturated carbocycles. The van der Waals surface area contributed by atoms with Crippen molar-refractivity contribution in [1.82, 2.24) is 5.16 Å². The maximum absolute atomic E-state index is 7.12. The molecule has 1 heterocycles. The zero-order chi connectivity index (χ0) is 17.8. The first-order valence-electron chi connectivity index (χ1n) is 9.24. The van der Waals surface area contributed by atoms with Crippen molar-refractivity contribution < 1.29 is 4.52 Å². The molecule has 0 unspecified atom stereocenters. The van der Waals surface area contributed by atoms with Crippen molar-refractivity contribution in [3.05, 3.63) is 64.0 Å². The number of rotatable bonds is 1. The van der Waals surface area contributed by atoms with E-state index < -0.39 is 0 Å². The summed E-state index contributed by atoms with van der Waals surface area (Å²) in [5, 5.41) is 9.89. The minimum atomic E-state index is 0.818. The largest absolute Gasteiger partial charge is 0.361 e. The molecular weight excluding hydrogens is 342 g/mol. The second-order valence-electron chi connectivity index (χ2n) is 7.27. The van der Waals surface area contributed by atoms with E-state index in [9.17, 15) is 0 Å². The molecule has 0 radical (unpaired) electrons. The van der Waals surface area contributed by atoms with Gasteiger partial charge in [0.2, 0.25) is 0 Å². The molecule has 0 N–H and O–H groups in total. The molecule has 2 nitrogen and oxygen atoms in total. The minimum Gasteiger partial charge on any atom is -0.361 e. The molecule has 1 aromatic heterocycles. The fourth-order valence-electron chi connectivity index (χ4n) is 4.57. The minimum absolute atomic E-state index is 0.818. The smallest absolute Gasteiger partial charge is 0.141 e. The van der Waals surface area contributed by atoms with Crippen LogP contribution < -0.4 is 0 Å². The van der Waals surface area contributed by atoms with Crippen molar-refractivity contribution >= 4 is 33.1 Å². The number of aryl methyl sites for hydroxylation is 4. The lowest BCUT2D eigenvalue weighted by atomic mass is 9.84. The van der Waals surface area contributed by atoms with E-state index in [2.05, 4.69) is 41.6 Å². The molecule has 26 heavy (non-hydrogen) atoms. The lowest BCUT2D eigenvalue weighted by molar-refractivity contribution is 0.393. The van der Waals surface area contributed by atoms with Crippen molar-refractivity contribution in [2.45, 2.75) is 39.5 Å². The van der Waals surface area contributed by atoms with Crippen LogP contribution in [-0.2, 0) is 12.8 Å². The first-order valence-corrected chi connectivity index (χ1v) is 9.62. The van der Waals surface area contributed by atoms with Crippen LogP contribution in [0, 0.1) is 13.8 Å². The van der Waals surface area contributed by atoms with Gasteiger partial charge >= 0.3 is 0 Å². The topological polar surface area (TPSA) is 26.0 Å². The predicted molar refractivity (Wildman–Crippen MR) is 108 cm³/mol. The first-order chi connectivity index (χ1) is 12.7. The molecule has 0 amide bonds. The highest BCUT2D eigenvalue weighted by atomic mass is 35.5. The summed E-state index contributed by atoms with van der Waals surface area (Å²) in [6.07, 6.45) is 4.75. The normalized spacial score (nSPS) is 14.1. The Bertz CT molecular complexity index is 1150. The van der Waals surface area contributed by atoms with Crippen LogP contribution in [0.3, 0.4) is 0 Å². The van der Waals surface area contributed by atoms with Gasteiger partial charge in [-0.15, -0.1) is 0 Å². The number of hydrogen-bond acceptors (Lipinski definition) is 2. The Kier molecular flexibility index (Phi) is 3.58. The Balaban J connectivity index is 2.03. The molecule has 1 aliphatic carbocycles. The third-order valence-corrected chi connectivity index (χ3v) is 6.12. The Hall–Kier alpha value is -2.32. The van der Waals surface area contributed by atoms with Crippen LogP contribution in [-0.4, -0.2) is 5.16 Å². The third-order valence-electron chi connectivity index (χ3n) is 5.74. The van der Waals surface area contributed by atoms with E-state index in [0.717, 1.165) is 45.8 Å². The molecule has 1 aliphatic rings. The Labute approximate surface area is 157 Å². The number of hydrogen-bond donors (Lipinski definition) is 0. The highest BCUT2D eigenvalue weighted by Gasteiger charge is 2.23. The molecule has 5 rings (SSSR count). The lowest BCUT2D eigenvalue weighted by Gasteiger charge is -2.21. The van der Waals surface area contributed by atoms with Crippen LogP contribution in [0.5, 0.6) is 0 Å². The third kappa shape index (κ3) is 2.15. The standard InChI is InChI=1S/C23H20ClNO/c1-13-20(14(2)26-25-13)22-18-10-6-5-9-17(18)19-12-11-15-7-3-4-8-16(15)21(19)23(22)24/h5-6,9-12H,3-4,7-8H2,1-2H3. The van der Waals surface area contributed by atoms with Gasteiger partial charge in [-0.1, -0.05) is 53.2 Å². The molecule has 130 valence electrons. The summed E-state index contributed by atoms with van der Waals surface area (Å²) < 4.78 is 5.47. The molecule has 0 aliphatic heterocycles. The average Bonchev–Trinajstić information content (AvgIpc) is 3.00. The van der Waals surface area contributed by atoms with E-state index in [0.29, 0.717) is 0 Å². The van der Waals surface area contributed by atoms with Gasteiger partial charge in [-0.3, -0.25) is 0 Å².